The molecule has 0 radical (unpaired) electrons. The molecule has 3 unspecified atom stereocenters. The van der Waals surface area contributed by atoms with E-state index in [-0.39, 0.29) is 12.1 Å². The minimum Gasteiger partial charge on any atom is -0.337 e. The molecule has 1 saturated carbocycles. The van der Waals surface area contributed by atoms with Crippen LogP contribution in [0.1, 0.15) is 68.3 Å². The Balaban J connectivity index is 1.41. The van der Waals surface area contributed by atoms with Crippen molar-refractivity contribution in [1.29, 1.82) is 0 Å². The Morgan fingerprint density at radius 1 is 1.22 bits per heavy atom. The highest BCUT2D eigenvalue weighted by Crippen LogP contribution is 2.42. The Bertz CT molecular complexity index is 1040. The summed E-state index contributed by atoms with van der Waals surface area (Å²) in [6.45, 7) is 8.42. The molecule has 0 spiro atoms. The first-order valence-electron chi connectivity index (χ1n) is 11.7. The van der Waals surface area contributed by atoms with Gasteiger partial charge in [-0.2, -0.15) is 0 Å². The van der Waals surface area contributed by atoms with Crippen LogP contribution in [-0.4, -0.2) is 17.8 Å². The van der Waals surface area contributed by atoms with Crippen LogP contribution in [0.15, 0.2) is 69.4 Å². The number of carbonyl (C=O) groups is 1. The fraction of sp³-hybridized carbons (Fsp3) is 0.407. The minimum atomic E-state index is -0.342. The smallest absolute Gasteiger partial charge is 0.252 e. The van der Waals surface area contributed by atoms with Crippen molar-refractivity contribution in [1.82, 2.24) is 5.32 Å². The lowest BCUT2D eigenvalue weighted by atomic mass is 9.93. The van der Waals surface area contributed by atoms with Crippen LogP contribution in [0, 0.1) is 11.8 Å². The molecule has 32 heavy (non-hydrogen) atoms. The molecule has 3 atom stereocenters. The lowest BCUT2D eigenvalue weighted by Gasteiger charge is -2.19. The zero-order valence-corrected chi connectivity index (χ0v) is 19.9. The molecule has 1 aliphatic heterocycles. The van der Waals surface area contributed by atoms with E-state index in [2.05, 4.69) is 43.9 Å². The van der Waals surface area contributed by atoms with Gasteiger partial charge in [0.05, 0.1) is 11.9 Å². The Hall–Kier alpha value is -2.37. The summed E-state index contributed by atoms with van der Waals surface area (Å²) < 4.78 is 0. The highest BCUT2D eigenvalue weighted by molar-refractivity contribution is 7.99. The Morgan fingerprint density at radius 3 is 2.72 bits per heavy atom. The van der Waals surface area contributed by atoms with Crippen molar-refractivity contribution in [3.8, 4) is 0 Å². The SMILES string of the molecule is C=C1CC1CC(CC)CCC(N)NC(=O)c1ccc2c(c1)N=C(CC)c1ccccc1S2. The summed E-state index contributed by atoms with van der Waals surface area (Å²) in [5.41, 5.74) is 11.3. The van der Waals surface area contributed by atoms with Crippen LogP contribution < -0.4 is 11.1 Å². The van der Waals surface area contributed by atoms with E-state index in [1.165, 1.54) is 28.9 Å². The molecule has 1 fully saturated rings. The van der Waals surface area contributed by atoms with Gasteiger partial charge in [0.1, 0.15) is 0 Å². The lowest BCUT2D eigenvalue weighted by molar-refractivity contribution is 0.0934. The van der Waals surface area contributed by atoms with E-state index in [0.29, 0.717) is 17.4 Å². The Kier molecular flexibility index (Phi) is 7.17. The third-order valence-corrected chi connectivity index (χ3v) is 7.69. The summed E-state index contributed by atoms with van der Waals surface area (Å²) in [6, 6.07) is 14.1. The first kappa shape index (κ1) is 22.8. The molecular formula is C27H33N3OS. The molecule has 168 valence electrons. The maximum Gasteiger partial charge on any atom is 0.252 e. The molecule has 4 rings (SSSR count). The van der Waals surface area contributed by atoms with Gasteiger partial charge in [0.25, 0.3) is 5.91 Å². The highest BCUT2D eigenvalue weighted by Gasteiger charge is 2.29. The van der Waals surface area contributed by atoms with E-state index in [1.54, 1.807) is 11.8 Å². The second kappa shape index (κ2) is 10.1. The molecule has 4 nitrogen and oxygen atoms in total. The molecule has 0 bridgehead atoms. The van der Waals surface area contributed by atoms with Crippen LogP contribution in [0.5, 0.6) is 0 Å². The molecule has 5 heteroatoms. The van der Waals surface area contributed by atoms with Crippen molar-refractivity contribution in [2.45, 2.75) is 68.3 Å². The number of fused-ring (bicyclic) bond motifs is 2. The zero-order chi connectivity index (χ0) is 22.7. The average Bonchev–Trinajstić information content (AvgIpc) is 3.53. The molecule has 1 heterocycles. The quantitative estimate of drug-likeness (QED) is 0.342. The molecule has 1 aliphatic carbocycles. The lowest BCUT2D eigenvalue weighted by Crippen LogP contribution is -2.41. The van der Waals surface area contributed by atoms with Gasteiger partial charge >= 0.3 is 0 Å². The number of allylic oxidation sites excluding steroid dienone is 1. The van der Waals surface area contributed by atoms with Gasteiger partial charge in [-0.1, -0.05) is 62.4 Å². The summed E-state index contributed by atoms with van der Waals surface area (Å²) in [5, 5.41) is 2.98. The molecule has 0 saturated heterocycles. The highest BCUT2D eigenvalue weighted by atomic mass is 32.2. The summed E-state index contributed by atoms with van der Waals surface area (Å²) in [6.07, 6.45) is 5.86. The van der Waals surface area contributed by atoms with Gasteiger partial charge in [0.2, 0.25) is 0 Å². The third-order valence-electron chi connectivity index (χ3n) is 6.55. The van der Waals surface area contributed by atoms with Gasteiger partial charge in [-0.25, -0.2) is 0 Å². The van der Waals surface area contributed by atoms with Crippen molar-refractivity contribution in [2.24, 2.45) is 22.6 Å². The largest absolute Gasteiger partial charge is 0.337 e. The maximum atomic E-state index is 12.9. The van der Waals surface area contributed by atoms with E-state index in [9.17, 15) is 4.79 Å². The standard InChI is InChI=1S/C27H33N3OS/c1-4-18(15-20-14-17(20)3)10-13-26(28)30-27(31)19-11-12-25-23(16-19)29-22(5-2)21-8-6-7-9-24(21)32-25/h6-9,11-12,16,18,20,26H,3-5,10,13-15,28H2,1-2H3,(H,30,31). The third kappa shape index (κ3) is 5.33. The number of hydrogen-bond donors (Lipinski definition) is 2. The van der Waals surface area contributed by atoms with Crippen molar-refractivity contribution in [3.63, 3.8) is 0 Å². The topological polar surface area (TPSA) is 67.5 Å². The number of nitrogens with one attached hydrogen (secondary N) is 1. The first-order chi connectivity index (χ1) is 15.5. The number of benzene rings is 2. The Morgan fingerprint density at radius 2 is 2.00 bits per heavy atom. The number of hydrogen-bond acceptors (Lipinski definition) is 4. The number of nitrogens with two attached hydrogens (primary N) is 1. The van der Waals surface area contributed by atoms with Crippen LogP contribution in [0.2, 0.25) is 0 Å². The Labute approximate surface area is 195 Å². The van der Waals surface area contributed by atoms with Crippen molar-refractivity contribution < 1.29 is 4.79 Å². The van der Waals surface area contributed by atoms with E-state index in [0.717, 1.165) is 42.0 Å². The summed E-state index contributed by atoms with van der Waals surface area (Å²) >= 11 is 1.70. The summed E-state index contributed by atoms with van der Waals surface area (Å²) in [7, 11) is 0. The van der Waals surface area contributed by atoms with Gasteiger partial charge in [0, 0.05) is 26.6 Å². The van der Waals surface area contributed by atoms with E-state index in [4.69, 9.17) is 10.7 Å². The van der Waals surface area contributed by atoms with Crippen LogP contribution in [0.4, 0.5) is 5.69 Å². The second-order valence-electron chi connectivity index (χ2n) is 8.92. The molecule has 0 aromatic heterocycles. The van der Waals surface area contributed by atoms with Crippen LogP contribution >= 0.6 is 11.8 Å². The molecule has 2 aliphatic rings. The summed E-state index contributed by atoms with van der Waals surface area (Å²) in [4.78, 5) is 20.1. The van der Waals surface area contributed by atoms with Crippen molar-refractivity contribution in [3.05, 3.63) is 65.7 Å². The molecule has 3 N–H and O–H groups in total. The average molecular weight is 448 g/mol. The van der Waals surface area contributed by atoms with Gasteiger partial charge in [-0.3, -0.25) is 9.79 Å². The molecule has 2 aromatic carbocycles. The van der Waals surface area contributed by atoms with Gasteiger partial charge < -0.3 is 11.1 Å². The number of aliphatic imine (C=N–C) groups is 1. The van der Waals surface area contributed by atoms with Gasteiger partial charge in [-0.15, -0.1) is 0 Å². The normalized spacial score (nSPS) is 18.7. The van der Waals surface area contributed by atoms with E-state index in [1.807, 2.05) is 24.3 Å². The van der Waals surface area contributed by atoms with Crippen molar-refractivity contribution in [2.75, 3.05) is 0 Å². The van der Waals surface area contributed by atoms with Crippen LogP contribution in [0.3, 0.4) is 0 Å². The second-order valence-corrected chi connectivity index (χ2v) is 10.0. The fourth-order valence-corrected chi connectivity index (χ4v) is 5.38. The van der Waals surface area contributed by atoms with Crippen LogP contribution in [-0.2, 0) is 0 Å². The summed E-state index contributed by atoms with van der Waals surface area (Å²) in [5.74, 6) is 1.22. The number of nitrogens with zero attached hydrogens (tertiary/aromatic N) is 1. The first-order valence-corrected chi connectivity index (χ1v) is 12.5. The monoisotopic (exact) mass is 447 g/mol. The maximum absolute atomic E-state index is 12.9. The number of rotatable bonds is 9. The minimum absolute atomic E-state index is 0.135. The van der Waals surface area contributed by atoms with Crippen LogP contribution in [0.25, 0.3) is 0 Å². The molecular weight excluding hydrogens is 414 g/mol. The predicted octanol–water partition coefficient (Wildman–Crippen LogP) is 6.47. The molecule has 1 amide bonds. The van der Waals surface area contributed by atoms with Gasteiger partial charge in [-0.05, 0) is 68.2 Å². The van der Waals surface area contributed by atoms with E-state index >= 15 is 0 Å². The van der Waals surface area contributed by atoms with E-state index < -0.39 is 0 Å². The number of amides is 1. The fourth-order valence-electron chi connectivity index (χ4n) is 4.36. The molecule has 2 aromatic rings. The van der Waals surface area contributed by atoms with Crippen molar-refractivity contribution >= 4 is 29.1 Å². The zero-order valence-electron chi connectivity index (χ0n) is 19.1. The number of carbonyl (C=O) groups excluding carboxylic acids is 1. The van der Waals surface area contributed by atoms with Gasteiger partial charge in [0.15, 0.2) is 0 Å². The predicted molar refractivity (Wildman–Crippen MR) is 134 cm³/mol.